The van der Waals surface area contributed by atoms with Crippen LogP contribution < -0.4 is 5.32 Å². The summed E-state index contributed by atoms with van der Waals surface area (Å²) in [6.07, 6.45) is 1.05. The number of aryl methyl sites for hydroxylation is 1. The summed E-state index contributed by atoms with van der Waals surface area (Å²) in [5.41, 5.74) is 3.14. The van der Waals surface area contributed by atoms with Gasteiger partial charge in [0, 0.05) is 3.57 Å². The zero-order chi connectivity index (χ0) is 14.5. The Bertz CT molecular complexity index is 563. The van der Waals surface area contributed by atoms with Gasteiger partial charge in [-0.3, -0.25) is 0 Å². The van der Waals surface area contributed by atoms with Gasteiger partial charge >= 0.3 is 0 Å². The Morgan fingerprint density at radius 2 is 1.95 bits per heavy atom. The van der Waals surface area contributed by atoms with Crippen LogP contribution in [0.1, 0.15) is 36.1 Å². The lowest BCUT2D eigenvalue weighted by Gasteiger charge is -2.21. The molecule has 20 heavy (non-hydrogen) atoms. The van der Waals surface area contributed by atoms with E-state index in [1.807, 2.05) is 19.1 Å². The van der Waals surface area contributed by atoms with E-state index in [1.165, 1.54) is 9.13 Å². The summed E-state index contributed by atoms with van der Waals surface area (Å²) in [5.74, 6) is -0.172. The molecule has 0 fully saturated rings. The molecule has 0 saturated carbocycles. The molecule has 0 bridgehead atoms. The minimum absolute atomic E-state index is 0.0393. The van der Waals surface area contributed by atoms with Crippen molar-refractivity contribution in [1.29, 1.82) is 0 Å². The minimum Gasteiger partial charge on any atom is -0.306 e. The monoisotopic (exact) mass is 383 g/mol. The summed E-state index contributed by atoms with van der Waals surface area (Å²) in [6, 6.07) is 13.5. The molecule has 1 atom stereocenters. The van der Waals surface area contributed by atoms with Crippen LogP contribution in [0.2, 0.25) is 0 Å². The summed E-state index contributed by atoms with van der Waals surface area (Å²) in [6.45, 7) is 4.97. The summed E-state index contributed by atoms with van der Waals surface area (Å²) in [4.78, 5) is 0. The Labute approximate surface area is 133 Å². The Balaban J connectivity index is 2.44. The van der Waals surface area contributed by atoms with E-state index < -0.39 is 0 Å². The third kappa shape index (κ3) is 3.79. The number of rotatable bonds is 5. The molecule has 0 heterocycles. The molecule has 1 nitrogen and oxygen atoms in total. The fourth-order valence-electron chi connectivity index (χ4n) is 2.34. The Kier molecular flexibility index (Phi) is 5.54. The first-order chi connectivity index (χ1) is 9.61. The molecule has 1 N–H and O–H groups in total. The lowest BCUT2D eigenvalue weighted by atomic mass is 9.97. The van der Waals surface area contributed by atoms with Gasteiger partial charge in [-0.2, -0.15) is 0 Å². The van der Waals surface area contributed by atoms with Gasteiger partial charge in [-0.05, 0) is 77.4 Å². The lowest BCUT2D eigenvalue weighted by molar-refractivity contribution is 0.583. The predicted molar refractivity (Wildman–Crippen MR) is 90.4 cm³/mol. The molecule has 0 radical (unpaired) electrons. The number of nitrogens with one attached hydrogen (secondary N) is 1. The molecule has 2 rings (SSSR count). The smallest absolute Gasteiger partial charge is 0.123 e. The fourth-order valence-corrected chi connectivity index (χ4v) is 3.04. The van der Waals surface area contributed by atoms with Crippen LogP contribution in [0.15, 0.2) is 42.5 Å². The van der Waals surface area contributed by atoms with Crippen LogP contribution >= 0.6 is 22.6 Å². The molecule has 0 saturated heterocycles. The SMILES string of the molecule is CCCNC(c1cc(C)cc(F)c1)c1ccccc1I. The van der Waals surface area contributed by atoms with Gasteiger partial charge in [0.1, 0.15) is 5.82 Å². The maximum atomic E-state index is 13.7. The van der Waals surface area contributed by atoms with E-state index in [4.69, 9.17) is 0 Å². The van der Waals surface area contributed by atoms with Crippen LogP contribution in [0.4, 0.5) is 4.39 Å². The largest absolute Gasteiger partial charge is 0.306 e. The number of halogens is 2. The van der Waals surface area contributed by atoms with Crippen LogP contribution in [0.25, 0.3) is 0 Å². The van der Waals surface area contributed by atoms with E-state index in [1.54, 1.807) is 12.1 Å². The van der Waals surface area contributed by atoms with Crippen LogP contribution in [-0.2, 0) is 0 Å². The van der Waals surface area contributed by atoms with Crippen molar-refractivity contribution in [1.82, 2.24) is 5.32 Å². The molecule has 0 aliphatic heterocycles. The molecule has 2 aromatic rings. The average molecular weight is 383 g/mol. The van der Waals surface area contributed by atoms with Gasteiger partial charge in [0.15, 0.2) is 0 Å². The second-order valence-electron chi connectivity index (χ2n) is 4.97. The molecule has 1 unspecified atom stereocenters. The molecule has 2 aromatic carbocycles. The molecule has 0 spiro atoms. The van der Waals surface area contributed by atoms with Gasteiger partial charge in [0.2, 0.25) is 0 Å². The molecule has 106 valence electrons. The van der Waals surface area contributed by atoms with E-state index in [9.17, 15) is 4.39 Å². The van der Waals surface area contributed by atoms with Crippen LogP contribution in [-0.4, -0.2) is 6.54 Å². The van der Waals surface area contributed by atoms with Crippen LogP contribution in [0, 0.1) is 16.3 Å². The van der Waals surface area contributed by atoms with Crippen molar-refractivity contribution < 1.29 is 4.39 Å². The van der Waals surface area contributed by atoms with Crippen molar-refractivity contribution in [2.24, 2.45) is 0 Å². The van der Waals surface area contributed by atoms with Crippen LogP contribution in [0.3, 0.4) is 0 Å². The van der Waals surface area contributed by atoms with Crippen molar-refractivity contribution in [3.05, 3.63) is 68.5 Å². The van der Waals surface area contributed by atoms with Crippen LogP contribution in [0.5, 0.6) is 0 Å². The second-order valence-corrected chi connectivity index (χ2v) is 6.13. The minimum atomic E-state index is -0.172. The number of hydrogen-bond acceptors (Lipinski definition) is 1. The van der Waals surface area contributed by atoms with E-state index in [0.29, 0.717) is 0 Å². The highest BCUT2D eigenvalue weighted by atomic mass is 127. The fraction of sp³-hybridized carbons (Fsp3) is 0.294. The zero-order valence-electron chi connectivity index (χ0n) is 11.8. The second kappa shape index (κ2) is 7.18. The molecule has 0 amide bonds. The van der Waals surface area contributed by atoms with Crippen molar-refractivity contribution >= 4 is 22.6 Å². The van der Waals surface area contributed by atoms with E-state index in [-0.39, 0.29) is 11.9 Å². The average Bonchev–Trinajstić information content (AvgIpc) is 2.40. The summed E-state index contributed by atoms with van der Waals surface area (Å²) in [7, 11) is 0. The highest BCUT2D eigenvalue weighted by Gasteiger charge is 2.16. The maximum absolute atomic E-state index is 13.7. The topological polar surface area (TPSA) is 12.0 Å². The third-order valence-corrected chi connectivity index (χ3v) is 4.19. The number of hydrogen-bond donors (Lipinski definition) is 1. The Morgan fingerprint density at radius 3 is 2.60 bits per heavy atom. The van der Waals surface area contributed by atoms with Gasteiger partial charge in [-0.15, -0.1) is 0 Å². The Hall–Kier alpha value is -0.940. The van der Waals surface area contributed by atoms with Gasteiger partial charge < -0.3 is 5.32 Å². The zero-order valence-corrected chi connectivity index (χ0v) is 13.9. The van der Waals surface area contributed by atoms with Gasteiger partial charge in [-0.25, -0.2) is 4.39 Å². The highest BCUT2D eigenvalue weighted by molar-refractivity contribution is 14.1. The maximum Gasteiger partial charge on any atom is 0.123 e. The molecule has 0 aliphatic rings. The normalized spacial score (nSPS) is 12.4. The molecule has 0 aliphatic carbocycles. The quantitative estimate of drug-likeness (QED) is 0.730. The van der Waals surface area contributed by atoms with Gasteiger partial charge in [-0.1, -0.05) is 31.2 Å². The summed E-state index contributed by atoms with van der Waals surface area (Å²) in [5, 5.41) is 3.53. The van der Waals surface area contributed by atoms with Gasteiger partial charge in [0.05, 0.1) is 6.04 Å². The van der Waals surface area contributed by atoms with Crippen molar-refractivity contribution in [3.63, 3.8) is 0 Å². The first-order valence-corrected chi connectivity index (χ1v) is 7.94. The molecular formula is C17H19FIN. The standard InChI is InChI=1S/C17H19FIN/c1-3-8-20-17(15-6-4-5-7-16(15)19)13-9-12(2)10-14(18)11-13/h4-7,9-11,17,20H,3,8H2,1-2H3. The van der Waals surface area contributed by atoms with E-state index >= 15 is 0 Å². The number of benzene rings is 2. The van der Waals surface area contributed by atoms with Crippen molar-refractivity contribution in [2.45, 2.75) is 26.3 Å². The molecular weight excluding hydrogens is 364 g/mol. The first kappa shape index (κ1) is 15.4. The lowest BCUT2D eigenvalue weighted by Crippen LogP contribution is -2.24. The van der Waals surface area contributed by atoms with E-state index in [2.05, 4.69) is 53.0 Å². The predicted octanol–water partition coefficient (Wildman–Crippen LogP) is 4.83. The van der Waals surface area contributed by atoms with Crippen molar-refractivity contribution in [2.75, 3.05) is 6.54 Å². The Morgan fingerprint density at radius 1 is 1.20 bits per heavy atom. The van der Waals surface area contributed by atoms with Gasteiger partial charge in [0.25, 0.3) is 0 Å². The molecule has 0 aromatic heterocycles. The van der Waals surface area contributed by atoms with Crippen molar-refractivity contribution in [3.8, 4) is 0 Å². The molecule has 3 heteroatoms. The summed E-state index contributed by atoms with van der Waals surface area (Å²) >= 11 is 2.34. The summed E-state index contributed by atoms with van der Waals surface area (Å²) < 4.78 is 14.9. The third-order valence-electron chi connectivity index (χ3n) is 3.21. The van der Waals surface area contributed by atoms with E-state index in [0.717, 1.165) is 24.1 Å². The highest BCUT2D eigenvalue weighted by Crippen LogP contribution is 2.27. The first-order valence-electron chi connectivity index (χ1n) is 6.86.